The van der Waals surface area contributed by atoms with E-state index in [-0.39, 0.29) is 5.91 Å². The first-order chi connectivity index (χ1) is 7.52. The summed E-state index contributed by atoms with van der Waals surface area (Å²) in [7, 11) is 0. The molecule has 0 saturated heterocycles. The van der Waals surface area contributed by atoms with Gasteiger partial charge in [-0.15, -0.1) is 0 Å². The molecule has 96 valence electrons. The third-order valence-electron chi connectivity index (χ3n) is 2.73. The van der Waals surface area contributed by atoms with Gasteiger partial charge in [0.15, 0.2) is 0 Å². The molecule has 0 aliphatic carbocycles. The van der Waals surface area contributed by atoms with Crippen LogP contribution in [0, 0.1) is 11.8 Å². The molecule has 0 spiro atoms. The monoisotopic (exact) mass is 227 g/mol. The second-order valence-corrected chi connectivity index (χ2v) is 5.53. The van der Waals surface area contributed by atoms with Crippen molar-refractivity contribution < 1.29 is 4.79 Å². The minimum Gasteiger partial charge on any atom is -0.356 e. The van der Waals surface area contributed by atoms with Gasteiger partial charge in [-0.05, 0) is 24.7 Å². The number of carbonyl (C=O) groups excluding carboxylic acids is 1. The normalized spacial score (nSPS) is 11.1. The van der Waals surface area contributed by atoms with E-state index >= 15 is 0 Å². The van der Waals surface area contributed by atoms with Gasteiger partial charge in [0.1, 0.15) is 0 Å². The van der Waals surface area contributed by atoms with E-state index in [1.54, 1.807) is 0 Å². The highest BCUT2D eigenvalue weighted by Crippen LogP contribution is 2.09. The lowest BCUT2D eigenvalue weighted by Gasteiger charge is -2.07. The van der Waals surface area contributed by atoms with Crippen LogP contribution in [-0.2, 0) is 4.79 Å². The molecule has 0 aliphatic heterocycles. The van der Waals surface area contributed by atoms with Gasteiger partial charge in [-0.2, -0.15) is 0 Å². The molecule has 0 aromatic carbocycles. The average Bonchev–Trinajstić information content (AvgIpc) is 2.16. The molecule has 0 bridgehead atoms. The molecule has 0 rings (SSSR count). The van der Waals surface area contributed by atoms with Gasteiger partial charge in [-0.25, -0.2) is 0 Å². The maximum atomic E-state index is 11.4. The number of carbonyl (C=O) groups is 1. The SMILES string of the molecule is CC(C)CCCCCC(=O)NCCC(C)C. The first kappa shape index (κ1) is 15.5. The third-order valence-corrected chi connectivity index (χ3v) is 2.73. The van der Waals surface area contributed by atoms with Crippen LogP contribution < -0.4 is 5.32 Å². The zero-order valence-electron chi connectivity index (χ0n) is 11.5. The third kappa shape index (κ3) is 11.5. The zero-order valence-corrected chi connectivity index (χ0v) is 11.5. The van der Waals surface area contributed by atoms with Crippen molar-refractivity contribution >= 4 is 5.91 Å². The number of unbranched alkanes of at least 4 members (excludes halogenated alkanes) is 2. The van der Waals surface area contributed by atoms with Gasteiger partial charge in [-0.1, -0.05) is 47.0 Å². The standard InChI is InChI=1S/C14H29NO/c1-12(2)8-6-5-7-9-14(16)15-11-10-13(3)4/h12-13H,5-11H2,1-4H3,(H,15,16). The van der Waals surface area contributed by atoms with Crippen LogP contribution in [0.3, 0.4) is 0 Å². The lowest BCUT2D eigenvalue weighted by Crippen LogP contribution is -2.24. The van der Waals surface area contributed by atoms with Gasteiger partial charge in [0, 0.05) is 13.0 Å². The molecule has 1 amide bonds. The smallest absolute Gasteiger partial charge is 0.219 e. The van der Waals surface area contributed by atoms with Crippen LogP contribution in [0.5, 0.6) is 0 Å². The van der Waals surface area contributed by atoms with Crippen LogP contribution in [-0.4, -0.2) is 12.5 Å². The molecule has 0 atom stereocenters. The van der Waals surface area contributed by atoms with Crippen molar-refractivity contribution in [2.75, 3.05) is 6.54 Å². The van der Waals surface area contributed by atoms with Crippen LogP contribution in [0.2, 0.25) is 0 Å². The van der Waals surface area contributed by atoms with Crippen molar-refractivity contribution in [3.05, 3.63) is 0 Å². The molecular formula is C14H29NO. The van der Waals surface area contributed by atoms with E-state index in [1.807, 2.05) is 0 Å². The summed E-state index contributed by atoms with van der Waals surface area (Å²) in [5.74, 6) is 1.69. The fourth-order valence-corrected chi connectivity index (χ4v) is 1.60. The molecular weight excluding hydrogens is 198 g/mol. The van der Waals surface area contributed by atoms with Crippen molar-refractivity contribution in [1.29, 1.82) is 0 Å². The summed E-state index contributed by atoms with van der Waals surface area (Å²) < 4.78 is 0. The second kappa shape index (κ2) is 9.68. The summed E-state index contributed by atoms with van der Waals surface area (Å²) >= 11 is 0. The summed E-state index contributed by atoms with van der Waals surface area (Å²) in [6, 6.07) is 0. The topological polar surface area (TPSA) is 29.1 Å². The van der Waals surface area contributed by atoms with Gasteiger partial charge in [0.2, 0.25) is 5.91 Å². The number of hydrogen-bond donors (Lipinski definition) is 1. The van der Waals surface area contributed by atoms with Crippen LogP contribution in [0.15, 0.2) is 0 Å². The number of nitrogens with one attached hydrogen (secondary N) is 1. The first-order valence-corrected chi connectivity index (χ1v) is 6.79. The van der Waals surface area contributed by atoms with Crippen molar-refractivity contribution in [2.45, 2.75) is 66.2 Å². The molecule has 0 aromatic rings. The average molecular weight is 227 g/mol. The fraction of sp³-hybridized carbons (Fsp3) is 0.929. The van der Waals surface area contributed by atoms with E-state index in [0.29, 0.717) is 12.3 Å². The lowest BCUT2D eigenvalue weighted by atomic mass is 10.0. The van der Waals surface area contributed by atoms with E-state index in [2.05, 4.69) is 33.0 Å². The van der Waals surface area contributed by atoms with Gasteiger partial charge in [-0.3, -0.25) is 4.79 Å². The predicted octanol–water partition coefficient (Wildman–Crippen LogP) is 3.76. The summed E-state index contributed by atoms with van der Waals surface area (Å²) in [5.41, 5.74) is 0. The largest absolute Gasteiger partial charge is 0.356 e. The van der Waals surface area contributed by atoms with E-state index in [0.717, 1.165) is 25.3 Å². The quantitative estimate of drug-likeness (QED) is 0.597. The van der Waals surface area contributed by atoms with E-state index in [4.69, 9.17) is 0 Å². The highest BCUT2D eigenvalue weighted by atomic mass is 16.1. The molecule has 0 heterocycles. The molecule has 0 aliphatic rings. The van der Waals surface area contributed by atoms with E-state index in [9.17, 15) is 4.79 Å². The minimum atomic E-state index is 0.227. The van der Waals surface area contributed by atoms with Crippen molar-refractivity contribution in [3.8, 4) is 0 Å². The molecule has 0 saturated carbocycles. The Labute approximate surface area is 101 Å². The molecule has 2 nitrogen and oxygen atoms in total. The maximum absolute atomic E-state index is 11.4. The van der Waals surface area contributed by atoms with Gasteiger partial charge >= 0.3 is 0 Å². The van der Waals surface area contributed by atoms with Gasteiger partial charge < -0.3 is 5.32 Å². The minimum absolute atomic E-state index is 0.227. The Morgan fingerprint density at radius 3 is 2.12 bits per heavy atom. The van der Waals surface area contributed by atoms with Crippen LogP contribution >= 0.6 is 0 Å². The number of rotatable bonds is 9. The molecule has 1 N–H and O–H groups in total. The molecule has 0 radical (unpaired) electrons. The number of hydrogen-bond acceptors (Lipinski definition) is 1. The first-order valence-electron chi connectivity index (χ1n) is 6.79. The van der Waals surface area contributed by atoms with Crippen molar-refractivity contribution in [2.24, 2.45) is 11.8 Å². The van der Waals surface area contributed by atoms with Crippen LogP contribution in [0.1, 0.15) is 66.2 Å². The Kier molecular flexibility index (Phi) is 9.36. The Bertz CT molecular complexity index is 176. The highest BCUT2D eigenvalue weighted by molar-refractivity contribution is 5.75. The Morgan fingerprint density at radius 1 is 0.938 bits per heavy atom. The molecule has 0 fully saturated rings. The summed E-state index contributed by atoms with van der Waals surface area (Å²) in [5, 5.41) is 2.97. The second-order valence-electron chi connectivity index (χ2n) is 5.53. The van der Waals surface area contributed by atoms with Crippen molar-refractivity contribution in [3.63, 3.8) is 0 Å². The summed E-state index contributed by atoms with van der Waals surface area (Å²) in [4.78, 5) is 11.4. The Hall–Kier alpha value is -0.530. The Morgan fingerprint density at radius 2 is 1.56 bits per heavy atom. The van der Waals surface area contributed by atoms with Gasteiger partial charge in [0.25, 0.3) is 0 Å². The molecule has 2 heteroatoms. The molecule has 0 unspecified atom stereocenters. The summed E-state index contributed by atoms with van der Waals surface area (Å²) in [6.07, 6.45) is 6.57. The van der Waals surface area contributed by atoms with Gasteiger partial charge in [0.05, 0.1) is 0 Å². The van der Waals surface area contributed by atoms with Crippen LogP contribution in [0.25, 0.3) is 0 Å². The van der Waals surface area contributed by atoms with Crippen molar-refractivity contribution in [1.82, 2.24) is 5.32 Å². The van der Waals surface area contributed by atoms with Crippen LogP contribution in [0.4, 0.5) is 0 Å². The summed E-state index contributed by atoms with van der Waals surface area (Å²) in [6.45, 7) is 9.69. The molecule has 0 aromatic heterocycles. The molecule has 16 heavy (non-hydrogen) atoms. The highest BCUT2D eigenvalue weighted by Gasteiger charge is 2.01. The fourth-order valence-electron chi connectivity index (χ4n) is 1.60. The maximum Gasteiger partial charge on any atom is 0.219 e. The van der Waals surface area contributed by atoms with E-state index < -0.39 is 0 Å². The zero-order chi connectivity index (χ0) is 12.4. The Balaban J connectivity index is 3.24. The predicted molar refractivity (Wildman–Crippen MR) is 70.4 cm³/mol. The number of amides is 1. The lowest BCUT2D eigenvalue weighted by molar-refractivity contribution is -0.121. The van der Waals surface area contributed by atoms with E-state index in [1.165, 1.54) is 19.3 Å².